The quantitative estimate of drug-likeness (QED) is 0.734. The van der Waals surface area contributed by atoms with E-state index in [-0.39, 0.29) is 0 Å². The van der Waals surface area contributed by atoms with Gasteiger partial charge in [0.05, 0.1) is 17.6 Å². The standard InChI is InChI=1S/C19H26N6/c1-14-20-15(2)25(22-14)12-16-7-6-10-24(11-16)13-19-21-17-8-4-5-9-18(17)23(19)3/h4-5,8-9,16H,6-7,10-13H2,1-3H3. The van der Waals surface area contributed by atoms with E-state index in [0.29, 0.717) is 5.92 Å². The van der Waals surface area contributed by atoms with Crippen LogP contribution in [0.25, 0.3) is 11.0 Å². The van der Waals surface area contributed by atoms with Crippen molar-refractivity contribution in [3.63, 3.8) is 0 Å². The van der Waals surface area contributed by atoms with Crippen molar-refractivity contribution in [2.24, 2.45) is 13.0 Å². The van der Waals surface area contributed by atoms with Crippen LogP contribution in [-0.4, -0.2) is 42.3 Å². The third-order valence-corrected chi connectivity index (χ3v) is 5.24. The summed E-state index contributed by atoms with van der Waals surface area (Å²) < 4.78 is 4.29. The molecule has 3 heterocycles. The number of rotatable bonds is 4. The zero-order valence-electron chi connectivity index (χ0n) is 15.3. The number of aryl methyl sites for hydroxylation is 3. The van der Waals surface area contributed by atoms with Gasteiger partial charge in [-0.15, -0.1) is 0 Å². The highest BCUT2D eigenvalue weighted by Crippen LogP contribution is 2.22. The lowest BCUT2D eigenvalue weighted by Gasteiger charge is -2.32. The first-order valence-electron chi connectivity index (χ1n) is 9.11. The van der Waals surface area contributed by atoms with Crippen molar-refractivity contribution in [3.8, 4) is 0 Å². The van der Waals surface area contributed by atoms with Crippen LogP contribution in [0.4, 0.5) is 0 Å². The molecule has 0 N–H and O–H groups in total. The summed E-state index contributed by atoms with van der Waals surface area (Å²) in [5, 5.41) is 4.53. The molecule has 6 nitrogen and oxygen atoms in total. The van der Waals surface area contributed by atoms with Gasteiger partial charge in [-0.1, -0.05) is 12.1 Å². The van der Waals surface area contributed by atoms with E-state index in [0.717, 1.165) is 49.2 Å². The number of hydrogen-bond donors (Lipinski definition) is 0. The van der Waals surface area contributed by atoms with E-state index in [1.165, 1.54) is 18.4 Å². The highest BCUT2D eigenvalue weighted by atomic mass is 15.3. The molecule has 6 heteroatoms. The molecular weight excluding hydrogens is 312 g/mol. The Morgan fingerprint density at radius 1 is 1.16 bits per heavy atom. The second-order valence-corrected chi connectivity index (χ2v) is 7.21. The van der Waals surface area contributed by atoms with Crippen LogP contribution in [0.5, 0.6) is 0 Å². The third-order valence-electron chi connectivity index (χ3n) is 5.24. The van der Waals surface area contributed by atoms with Gasteiger partial charge in [-0.25, -0.2) is 14.6 Å². The lowest BCUT2D eigenvalue weighted by atomic mass is 9.98. The van der Waals surface area contributed by atoms with Gasteiger partial charge in [0.1, 0.15) is 17.5 Å². The van der Waals surface area contributed by atoms with Crippen LogP contribution in [0.3, 0.4) is 0 Å². The molecule has 3 aromatic rings. The zero-order chi connectivity index (χ0) is 17.4. The van der Waals surface area contributed by atoms with Crippen LogP contribution < -0.4 is 0 Å². The minimum Gasteiger partial charge on any atom is -0.330 e. The molecule has 1 aliphatic rings. The zero-order valence-corrected chi connectivity index (χ0v) is 15.3. The first-order chi connectivity index (χ1) is 12.1. The number of aromatic nitrogens is 5. The Bertz CT molecular complexity index is 877. The van der Waals surface area contributed by atoms with Crippen molar-refractivity contribution in [3.05, 3.63) is 41.7 Å². The number of piperidine rings is 1. The molecule has 1 aromatic carbocycles. The average Bonchev–Trinajstić information content (AvgIpc) is 3.07. The summed E-state index contributed by atoms with van der Waals surface area (Å²) in [6.45, 7) is 8.13. The minimum atomic E-state index is 0.628. The van der Waals surface area contributed by atoms with Gasteiger partial charge in [-0.05, 0) is 51.3 Å². The van der Waals surface area contributed by atoms with Crippen LogP contribution in [0.1, 0.15) is 30.3 Å². The van der Waals surface area contributed by atoms with Gasteiger partial charge in [-0.2, -0.15) is 5.10 Å². The maximum Gasteiger partial charge on any atom is 0.147 e. The van der Waals surface area contributed by atoms with Crippen LogP contribution in [0.15, 0.2) is 24.3 Å². The molecule has 2 aromatic heterocycles. The van der Waals surface area contributed by atoms with Crippen molar-refractivity contribution in [2.45, 2.75) is 39.8 Å². The fourth-order valence-corrected chi connectivity index (χ4v) is 3.96. The molecular formula is C19H26N6. The number of imidazole rings is 1. The van der Waals surface area contributed by atoms with Gasteiger partial charge in [0, 0.05) is 20.1 Å². The van der Waals surface area contributed by atoms with Crippen molar-refractivity contribution < 1.29 is 0 Å². The molecule has 132 valence electrons. The Labute approximate surface area is 148 Å². The van der Waals surface area contributed by atoms with Crippen molar-refractivity contribution in [1.29, 1.82) is 0 Å². The largest absolute Gasteiger partial charge is 0.330 e. The molecule has 0 radical (unpaired) electrons. The fraction of sp³-hybridized carbons (Fsp3) is 0.526. The maximum absolute atomic E-state index is 4.83. The van der Waals surface area contributed by atoms with E-state index in [1.807, 2.05) is 13.8 Å². The van der Waals surface area contributed by atoms with Gasteiger partial charge in [-0.3, -0.25) is 4.90 Å². The monoisotopic (exact) mass is 338 g/mol. The molecule has 1 fully saturated rings. The third kappa shape index (κ3) is 3.31. The van der Waals surface area contributed by atoms with Gasteiger partial charge in [0.25, 0.3) is 0 Å². The molecule has 1 atom stereocenters. The van der Waals surface area contributed by atoms with Crippen molar-refractivity contribution in [2.75, 3.05) is 13.1 Å². The number of hydrogen-bond acceptors (Lipinski definition) is 4. The summed E-state index contributed by atoms with van der Waals surface area (Å²) in [6, 6.07) is 8.36. The van der Waals surface area contributed by atoms with Crippen molar-refractivity contribution in [1.82, 2.24) is 29.2 Å². The van der Waals surface area contributed by atoms with Crippen LogP contribution in [0, 0.1) is 19.8 Å². The second kappa shape index (κ2) is 6.59. The molecule has 25 heavy (non-hydrogen) atoms. The Hall–Kier alpha value is -2.21. The summed E-state index contributed by atoms with van der Waals surface area (Å²) in [7, 11) is 2.12. The molecule has 0 aliphatic carbocycles. The number of para-hydroxylation sites is 2. The molecule has 0 amide bonds. The molecule has 4 rings (SSSR count). The molecule has 0 bridgehead atoms. The Balaban J connectivity index is 1.45. The summed E-state index contributed by atoms with van der Waals surface area (Å²) in [5.74, 6) is 3.66. The lowest BCUT2D eigenvalue weighted by molar-refractivity contribution is 0.148. The van der Waals surface area contributed by atoms with E-state index in [2.05, 4.69) is 55.5 Å². The molecule has 0 spiro atoms. The smallest absolute Gasteiger partial charge is 0.147 e. The molecule has 1 aliphatic heterocycles. The maximum atomic E-state index is 4.83. The van der Waals surface area contributed by atoms with E-state index in [1.54, 1.807) is 0 Å². The highest BCUT2D eigenvalue weighted by Gasteiger charge is 2.23. The van der Waals surface area contributed by atoms with E-state index in [9.17, 15) is 0 Å². The molecule has 1 unspecified atom stereocenters. The topological polar surface area (TPSA) is 51.8 Å². The summed E-state index contributed by atoms with van der Waals surface area (Å²) in [5.41, 5.74) is 2.29. The number of benzene rings is 1. The summed E-state index contributed by atoms with van der Waals surface area (Å²) in [4.78, 5) is 11.8. The number of likely N-dealkylation sites (tertiary alicyclic amines) is 1. The van der Waals surface area contributed by atoms with E-state index in [4.69, 9.17) is 4.98 Å². The highest BCUT2D eigenvalue weighted by molar-refractivity contribution is 5.75. The molecule has 1 saturated heterocycles. The normalized spacial score (nSPS) is 18.9. The Morgan fingerprint density at radius 2 is 2.00 bits per heavy atom. The summed E-state index contributed by atoms with van der Waals surface area (Å²) >= 11 is 0. The van der Waals surface area contributed by atoms with E-state index < -0.39 is 0 Å². The van der Waals surface area contributed by atoms with E-state index >= 15 is 0 Å². The van der Waals surface area contributed by atoms with Crippen LogP contribution in [0.2, 0.25) is 0 Å². The van der Waals surface area contributed by atoms with Crippen LogP contribution in [-0.2, 0) is 20.1 Å². The van der Waals surface area contributed by atoms with Gasteiger partial charge in [0.2, 0.25) is 0 Å². The average molecular weight is 338 g/mol. The SMILES string of the molecule is Cc1nc(C)n(CC2CCCN(Cc3nc4ccccc4n3C)C2)n1. The Morgan fingerprint density at radius 3 is 2.76 bits per heavy atom. The first-order valence-corrected chi connectivity index (χ1v) is 9.11. The predicted molar refractivity (Wildman–Crippen MR) is 98.2 cm³/mol. The Kier molecular flexibility index (Phi) is 4.29. The molecule has 0 saturated carbocycles. The van der Waals surface area contributed by atoms with Gasteiger partial charge >= 0.3 is 0 Å². The van der Waals surface area contributed by atoms with Gasteiger partial charge < -0.3 is 4.57 Å². The minimum absolute atomic E-state index is 0.628. The van der Waals surface area contributed by atoms with Crippen LogP contribution >= 0.6 is 0 Å². The first kappa shape index (κ1) is 16.3. The fourth-order valence-electron chi connectivity index (χ4n) is 3.96. The number of nitrogens with zero attached hydrogens (tertiary/aromatic N) is 6. The lowest BCUT2D eigenvalue weighted by Crippen LogP contribution is -2.37. The van der Waals surface area contributed by atoms with Gasteiger partial charge in [0.15, 0.2) is 0 Å². The summed E-state index contributed by atoms with van der Waals surface area (Å²) in [6.07, 6.45) is 2.50. The predicted octanol–water partition coefficient (Wildman–Crippen LogP) is 2.69. The number of fused-ring (bicyclic) bond motifs is 1. The second-order valence-electron chi connectivity index (χ2n) is 7.21. The van der Waals surface area contributed by atoms with Crippen molar-refractivity contribution >= 4 is 11.0 Å².